The molecular formula is C15H16BrN3O. The number of halogens is 1. The highest BCUT2D eigenvalue weighted by Crippen LogP contribution is 2.20. The molecule has 0 unspecified atom stereocenters. The Morgan fingerprint density at radius 2 is 2.00 bits per heavy atom. The number of carbonyl (C=O) groups is 1. The maximum absolute atomic E-state index is 11.6. The number of carbonyl (C=O) groups excluding carboxylic acids is 1. The largest absolute Gasteiger partial charge is 0.340 e. The Hall–Kier alpha value is -1.88. The quantitative estimate of drug-likeness (QED) is 0.882. The van der Waals surface area contributed by atoms with Crippen LogP contribution in [-0.2, 0) is 4.79 Å². The van der Waals surface area contributed by atoms with Gasteiger partial charge in [0.1, 0.15) is 5.82 Å². The van der Waals surface area contributed by atoms with E-state index in [9.17, 15) is 4.79 Å². The van der Waals surface area contributed by atoms with Gasteiger partial charge in [0.05, 0.1) is 11.9 Å². The molecule has 0 aliphatic carbocycles. The number of nitrogens with one attached hydrogen (secondary N) is 2. The summed E-state index contributed by atoms with van der Waals surface area (Å²) in [6.45, 7) is 3.71. The van der Waals surface area contributed by atoms with Gasteiger partial charge in [-0.15, -0.1) is 0 Å². The lowest BCUT2D eigenvalue weighted by Crippen LogP contribution is -2.17. The highest BCUT2D eigenvalue weighted by atomic mass is 79.9. The first-order chi connectivity index (χ1) is 9.54. The van der Waals surface area contributed by atoms with E-state index < -0.39 is 0 Å². The Bertz CT molecular complexity index is 596. The topological polar surface area (TPSA) is 54.0 Å². The molecular weight excluding hydrogens is 318 g/mol. The fourth-order valence-electron chi connectivity index (χ4n) is 1.54. The number of hydrogen-bond donors (Lipinski definition) is 2. The summed E-state index contributed by atoms with van der Waals surface area (Å²) in [5.41, 5.74) is 1.65. The average molecular weight is 334 g/mol. The number of rotatable bonds is 4. The van der Waals surface area contributed by atoms with Crippen molar-refractivity contribution in [1.29, 1.82) is 0 Å². The number of hydrogen-bond acceptors (Lipinski definition) is 3. The Kier molecular flexibility index (Phi) is 4.74. The minimum Gasteiger partial charge on any atom is -0.340 e. The standard InChI is InChI=1S/C15H16BrN3O/c1-10(2)15(20)19-13-6-7-14(17-9-13)18-12-5-3-4-11(16)8-12/h3-10H,1-2H3,(H,17,18)(H,19,20). The number of anilines is 3. The van der Waals surface area contributed by atoms with Gasteiger partial charge in [-0.05, 0) is 30.3 Å². The average Bonchev–Trinajstić information content (AvgIpc) is 2.41. The molecule has 4 nitrogen and oxygen atoms in total. The van der Waals surface area contributed by atoms with E-state index in [4.69, 9.17) is 0 Å². The first-order valence-corrected chi connectivity index (χ1v) is 7.13. The van der Waals surface area contributed by atoms with Gasteiger partial charge in [0, 0.05) is 16.1 Å². The van der Waals surface area contributed by atoms with Crippen LogP contribution in [0.15, 0.2) is 47.1 Å². The van der Waals surface area contributed by atoms with E-state index in [1.54, 1.807) is 6.20 Å². The van der Waals surface area contributed by atoms with E-state index in [0.29, 0.717) is 5.69 Å². The van der Waals surface area contributed by atoms with Gasteiger partial charge in [-0.25, -0.2) is 4.98 Å². The molecule has 0 aliphatic rings. The van der Waals surface area contributed by atoms with Crippen molar-refractivity contribution in [2.24, 2.45) is 5.92 Å². The predicted molar refractivity (Wildman–Crippen MR) is 85.1 cm³/mol. The van der Waals surface area contributed by atoms with Crippen molar-refractivity contribution in [2.45, 2.75) is 13.8 Å². The number of pyridine rings is 1. The Balaban J connectivity index is 2.03. The van der Waals surface area contributed by atoms with Crippen molar-refractivity contribution in [3.05, 3.63) is 47.1 Å². The number of aromatic nitrogens is 1. The van der Waals surface area contributed by atoms with E-state index in [2.05, 4.69) is 31.5 Å². The minimum atomic E-state index is -0.0468. The summed E-state index contributed by atoms with van der Waals surface area (Å²) in [5.74, 6) is 0.666. The van der Waals surface area contributed by atoms with E-state index in [-0.39, 0.29) is 11.8 Å². The highest BCUT2D eigenvalue weighted by molar-refractivity contribution is 9.10. The van der Waals surface area contributed by atoms with Crippen LogP contribution in [0.1, 0.15) is 13.8 Å². The van der Waals surface area contributed by atoms with Crippen molar-refractivity contribution in [3.63, 3.8) is 0 Å². The molecule has 0 bridgehead atoms. The zero-order valence-electron chi connectivity index (χ0n) is 11.4. The predicted octanol–water partition coefficient (Wildman–Crippen LogP) is 4.18. The summed E-state index contributed by atoms with van der Waals surface area (Å²) in [6.07, 6.45) is 1.64. The van der Waals surface area contributed by atoms with Crippen molar-refractivity contribution in [2.75, 3.05) is 10.6 Å². The van der Waals surface area contributed by atoms with Gasteiger partial charge in [0.2, 0.25) is 5.91 Å². The third kappa shape index (κ3) is 4.06. The molecule has 0 atom stereocenters. The van der Waals surface area contributed by atoms with E-state index in [1.165, 1.54) is 0 Å². The molecule has 5 heteroatoms. The molecule has 0 saturated carbocycles. The molecule has 0 radical (unpaired) electrons. The molecule has 20 heavy (non-hydrogen) atoms. The van der Waals surface area contributed by atoms with Gasteiger partial charge < -0.3 is 10.6 Å². The molecule has 0 saturated heterocycles. The van der Waals surface area contributed by atoms with Crippen LogP contribution in [0.25, 0.3) is 0 Å². The molecule has 0 spiro atoms. The second-order valence-corrected chi connectivity index (χ2v) is 5.63. The summed E-state index contributed by atoms with van der Waals surface area (Å²) in [5, 5.41) is 6.00. The van der Waals surface area contributed by atoms with Gasteiger partial charge >= 0.3 is 0 Å². The fraction of sp³-hybridized carbons (Fsp3) is 0.200. The third-order valence-electron chi connectivity index (χ3n) is 2.65. The summed E-state index contributed by atoms with van der Waals surface area (Å²) >= 11 is 3.42. The monoisotopic (exact) mass is 333 g/mol. The number of nitrogens with zero attached hydrogens (tertiary/aromatic N) is 1. The van der Waals surface area contributed by atoms with Crippen LogP contribution >= 0.6 is 15.9 Å². The van der Waals surface area contributed by atoms with Gasteiger partial charge in [-0.2, -0.15) is 0 Å². The van der Waals surface area contributed by atoms with Crippen LogP contribution in [0.2, 0.25) is 0 Å². The third-order valence-corrected chi connectivity index (χ3v) is 3.15. The summed E-state index contributed by atoms with van der Waals surface area (Å²) in [4.78, 5) is 15.8. The molecule has 104 valence electrons. The molecule has 2 N–H and O–H groups in total. The second-order valence-electron chi connectivity index (χ2n) is 4.71. The maximum atomic E-state index is 11.6. The van der Waals surface area contributed by atoms with E-state index >= 15 is 0 Å². The highest BCUT2D eigenvalue weighted by Gasteiger charge is 2.07. The van der Waals surface area contributed by atoms with Crippen molar-refractivity contribution in [1.82, 2.24) is 4.98 Å². The van der Waals surface area contributed by atoms with Crippen LogP contribution < -0.4 is 10.6 Å². The Morgan fingerprint density at radius 3 is 2.60 bits per heavy atom. The summed E-state index contributed by atoms with van der Waals surface area (Å²) in [6, 6.07) is 11.5. The minimum absolute atomic E-state index is 0.0144. The SMILES string of the molecule is CC(C)C(=O)Nc1ccc(Nc2cccc(Br)c2)nc1. The number of amides is 1. The summed E-state index contributed by atoms with van der Waals surface area (Å²) < 4.78 is 1.00. The van der Waals surface area contributed by atoms with Crippen molar-refractivity contribution < 1.29 is 4.79 Å². The first kappa shape index (κ1) is 14.5. The number of benzene rings is 1. The van der Waals surface area contributed by atoms with E-state index in [1.807, 2.05) is 50.2 Å². The van der Waals surface area contributed by atoms with Gasteiger partial charge in [0.25, 0.3) is 0 Å². The second kappa shape index (κ2) is 6.52. The van der Waals surface area contributed by atoms with Crippen molar-refractivity contribution >= 4 is 39.0 Å². The van der Waals surface area contributed by atoms with Crippen molar-refractivity contribution in [3.8, 4) is 0 Å². The molecule has 0 aliphatic heterocycles. The van der Waals surface area contributed by atoms with Crippen LogP contribution in [0.5, 0.6) is 0 Å². The zero-order chi connectivity index (χ0) is 14.5. The normalized spacial score (nSPS) is 10.4. The Morgan fingerprint density at radius 1 is 1.20 bits per heavy atom. The lowest BCUT2D eigenvalue weighted by molar-refractivity contribution is -0.118. The van der Waals surface area contributed by atoms with Crippen LogP contribution in [0.3, 0.4) is 0 Å². The van der Waals surface area contributed by atoms with Gasteiger partial charge in [0.15, 0.2) is 0 Å². The van der Waals surface area contributed by atoms with Crippen LogP contribution in [-0.4, -0.2) is 10.9 Å². The smallest absolute Gasteiger partial charge is 0.226 e. The van der Waals surface area contributed by atoms with Crippen LogP contribution in [0, 0.1) is 5.92 Å². The summed E-state index contributed by atoms with van der Waals surface area (Å²) in [7, 11) is 0. The molecule has 1 amide bonds. The Labute approximate surface area is 126 Å². The first-order valence-electron chi connectivity index (χ1n) is 6.34. The molecule has 2 rings (SSSR count). The molecule has 0 fully saturated rings. The molecule has 1 aromatic carbocycles. The lowest BCUT2D eigenvalue weighted by atomic mass is 10.2. The van der Waals surface area contributed by atoms with Gasteiger partial charge in [-0.1, -0.05) is 35.8 Å². The fourth-order valence-corrected chi connectivity index (χ4v) is 1.94. The maximum Gasteiger partial charge on any atom is 0.226 e. The molecule has 1 heterocycles. The van der Waals surface area contributed by atoms with Crippen LogP contribution in [0.4, 0.5) is 17.2 Å². The lowest BCUT2D eigenvalue weighted by Gasteiger charge is -2.09. The molecule has 2 aromatic rings. The molecule has 1 aromatic heterocycles. The van der Waals surface area contributed by atoms with Gasteiger partial charge in [-0.3, -0.25) is 4.79 Å². The van der Waals surface area contributed by atoms with E-state index in [0.717, 1.165) is 16.0 Å². The zero-order valence-corrected chi connectivity index (χ0v) is 12.9.